The molecule has 0 saturated carbocycles. The summed E-state index contributed by atoms with van der Waals surface area (Å²) in [6.07, 6.45) is 0.709. The lowest BCUT2D eigenvalue weighted by Crippen LogP contribution is -2.43. The molecule has 1 unspecified atom stereocenters. The molecule has 112 valence electrons. The first-order valence-electron chi connectivity index (χ1n) is 6.67. The van der Waals surface area contributed by atoms with Gasteiger partial charge in [-0.15, -0.1) is 11.3 Å². The van der Waals surface area contributed by atoms with Crippen molar-refractivity contribution in [3.05, 3.63) is 21.9 Å². The SMILES string of the molecule is Cc1ccc(C(=O)NCC(=O)NC(CO)CC(C)C)s1. The maximum atomic E-state index is 11.8. The highest BCUT2D eigenvalue weighted by Gasteiger charge is 2.14. The van der Waals surface area contributed by atoms with Gasteiger partial charge in [0.25, 0.3) is 5.91 Å². The standard InChI is InChI=1S/C14H22N2O3S/c1-9(2)6-11(8-17)16-13(18)7-15-14(19)12-5-4-10(3)20-12/h4-5,9,11,17H,6-8H2,1-3H3,(H,15,19)(H,16,18). The third-order valence-electron chi connectivity index (χ3n) is 2.72. The van der Waals surface area contributed by atoms with Crippen LogP contribution in [0.5, 0.6) is 0 Å². The second-order valence-electron chi connectivity index (χ2n) is 5.17. The Morgan fingerprint density at radius 3 is 2.55 bits per heavy atom. The van der Waals surface area contributed by atoms with Crippen LogP contribution >= 0.6 is 11.3 Å². The van der Waals surface area contributed by atoms with Gasteiger partial charge in [0.05, 0.1) is 24.1 Å². The van der Waals surface area contributed by atoms with Crippen LogP contribution in [-0.4, -0.2) is 36.1 Å². The third-order valence-corrected chi connectivity index (χ3v) is 3.71. The largest absolute Gasteiger partial charge is 0.394 e. The Bertz CT molecular complexity index is 457. The van der Waals surface area contributed by atoms with Crippen molar-refractivity contribution in [1.82, 2.24) is 10.6 Å². The second kappa shape index (κ2) is 8.01. The minimum absolute atomic E-state index is 0.0790. The van der Waals surface area contributed by atoms with Crippen molar-refractivity contribution < 1.29 is 14.7 Å². The second-order valence-corrected chi connectivity index (χ2v) is 6.46. The highest BCUT2D eigenvalue weighted by Crippen LogP contribution is 2.14. The molecule has 0 fully saturated rings. The molecule has 0 radical (unpaired) electrons. The molecule has 0 saturated heterocycles. The Hall–Kier alpha value is -1.40. The number of aryl methyl sites for hydroxylation is 1. The Morgan fingerprint density at radius 2 is 2.05 bits per heavy atom. The number of aliphatic hydroxyl groups is 1. The lowest BCUT2D eigenvalue weighted by Gasteiger charge is -2.18. The zero-order chi connectivity index (χ0) is 15.1. The van der Waals surface area contributed by atoms with Crippen LogP contribution in [0.15, 0.2) is 12.1 Å². The van der Waals surface area contributed by atoms with Crippen molar-refractivity contribution in [2.24, 2.45) is 5.92 Å². The number of nitrogens with one attached hydrogen (secondary N) is 2. The Balaban J connectivity index is 2.37. The van der Waals surface area contributed by atoms with E-state index >= 15 is 0 Å². The summed E-state index contributed by atoms with van der Waals surface area (Å²) in [4.78, 5) is 25.1. The summed E-state index contributed by atoms with van der Waals surface area (Å²) >= 11 is 1.39. The Morgan fingerprint density at radius 1 is 1.35 bits per heavy atom. The molecule has 3 N–H and O–H groups in total. The predicted octanol–water partition coefficient (Wildman–Crippen LogP) is 1.31. The Kier molecular flexibility index (Phi) is 6.67. The van der Waals surface area contributed by atoms with E-state index in [9.17, 15) is 14.7 Å². The minimum Gasteiger partial charge on any atom is -0.394 e. The molecule has 1 atom stereocenters. The van der Waals surface area contributed by atoms with Gasteiger partial charge in [0.2, 0.25) is 5.91 Å². The number of rotatable bonds is 7. The molecule has 0 spiro atoms. The van der Waals surface area contributed by atoms with Crippen molar-refractivity contribution in [2.75, 3.05) is 13.2 Å². The summed E-state index contributed by atoms with van der Waals surface area (Å²) < 4.78 is 0. The third kappa shape index (κ3) is 5.71. The topological polar surface area (TPSA) is 78.4 Å². The average molecular weight is 298 g/mol. The van der Waals surface area contributed by atoms with Crippen LogP contribution in [0, 0.1) is 12.8 Å². The van der Waals surface area contributed by atoms with Gasteiger partial charge in [-0.05, 0) is 31.4 Å². The van der Waals surface area contributed by atoms with Gasteiger partial charge < -0.3 is 15.7 Å². The maximum absolute atomic E-state index is 11.8. The number of hydrogen-bond acceptors (Lipinski definition) is 4. The first-order valence-corrected chi connectivity index (χ1v) is 7.49. The van der Waals surface area contributed by atoms with Gasteiger partial charge in [-0.2, -0.15) is 0 Å². The highest BCUT2D eigenvalue weighted by molar-refractivity contribution is 7.13. The molecule has 1 aromatic heterocycles. The van der Waals surface area contributed by atoms with Gasteiger partial charge in [-0.1, -0.05) is 13.8 Å². The molecule has 1 heterocycles. The van der Waals surface area contributed by atoms with Crippen LogP contribution in [0.4, 0.5) is 0 Å². The van der Waals surface area contributed by atoms with Gasteiger partial charge in [-0.25, -0.2) is 0 Å². The fourth-order valence-electron chi connectivity index (χ4n) is 1.83. The first-order chi connectivity index (χ1) is 9.42. The predicted molar refractivity (Wildman–Crippen MR) is 79.9 cm³/mol. The molecule has 20 heavy (non-hydrogen) atoms. The number of amides is 2. The molecule has 6 heteroatoms. The van der Waals surface area contributed by atoms with Crippen LogP contribution in [-0.2, 0) is 4.79 Å². The highest BCUT2D eigenvalue weighted by atomic mass is 32.1. The van der Waals surface area contributed by atoms with Crippen LogP contribution in [0.3, 0.4) is 0 Å². The number of hydrogen-bond donors (Lipinski definition) is 3. The smallest absolute Gasteiger partial charge is 0.261 e. The lowest BCUT2D eigenvalue weighted by molar-refractivity contribution is -0.121. The number of carbonyl (C=O) groups excluding carboxylic acids is 2. The molecule has 1 aromatic rings. The van der Waals surface area contributed by atoms with Crippen LogP contribution < -0.4 is 10.6 Å². The molecule has 0 aliphatic heterocycles. The van der Waals surface area contributed by atoms with Crippen molar-refractivity contribution in [3.63, 3.8) is 0 Å². The minimum atomic E-state index is -0.286. The number of carbonyl (C=O) groups is 2. The molecule has 1 rings (SSSR count). The van der Waals surface area contributed by atoms with Gasteiger partial charge in [0.1, 0.15) is 0 Å². The van der Waals surface area contributed by atoms with Gasteiger partial charge in [-0.3, -0.25) is 9.59 Å². The number of aliphatic hydroxyl groups excluding tert-OH is 1. The van der Waals surface area contributed by atoms with E-state index in [0.717, 1.165) is 4.88 Å². The summed E-state index contributed by atoms with van der Waals surface area (Å²) in [5.74, 6) is -0.148. The molecule has 0 aliphatic rings. The summed E-state index contributed by atoms with van der Waals surface area (Å²) in [7, 11) is 0. The van der Waals surface area contributed by atoms with Crippen molar-refractivity contribution in [3.8, 4) is 0 Å². The van der Waals surface area contributed by atoms with Gasteiger partial charge in [0.15, 0.2) is 0 Å². The molecule has 0 aliphatic carbocycles. The van der Waals surface area contributed by atoms with Crippen LogP contribution in [0.1, 0.15) is 34.8 Å². The molecular formula is C14H22N2O3S. The van der Waals surface area contributed by atoms with Crippen molar-refractivity contribution in [1.29, 1.82) is 0 Å². The molecule has 0 bridgehead atoms. The summed E-state index contributed by atoms with van der Waals surface area (Å²) in [6, 6.07) is 3.34. The lowest BCUT2D eigenvalue weighted by atomic mass is 10.0. The molecule has 2 amide bonds. The van der Waals surface area contributed by atoms with Crippen LogP contribution in [0.25, 0.3) is 0 Å². The first kappa shape index (κ1) is 16.7. The van der Waals surface area contributed by atoms with Gasteiger partial charge in [0, 0.05) is 4.88 Å². The fourth-order valence-corrected chi connectivity index (χ4v) is 2.61. The Labute approximate surface area is 123 Å². The van der Waals surface area contributed by atoms with E-state index < -0.39 is 0 Å². The average Bonchev–Trinajstić information content (AvgIpc) is 2.81. The van der Waals surface area contributed by atoms with E-state index in [1.54, 1.807) is 6.07 Å². The van der Waals surface area contributed by atoms with Crippen LogP contribution in [0.2, 0.25) is 0 Å². The van der Waals surface area contributed by atoms with Crippen molar-refractivity contribution >= 4 is 23.2 Å². The van der Waals surface area contributed by atoms with Crippen molar-refractivity contribution in [2.45, 2.75) is 33.2 Å². The summed E-state index contributed by atoms with van der Waals surface area (Å²) in [5.41, 5.74) is 0. The van der Waals surface area contributed by atoms with E-state index in [1.807, 2.05) is 26.8 Å². The zero-order valence-electron chi connectivity index (χ0n) is 12.1. The molecule has 0 aromatic carbocycles. The van der Waals surface area contributed by atoms with E-state index in [0.29, 0.717) is 17.2 Å². The van der Waals surface area contributed by atoms with E-state index in [4.69, 9.17) is 0 Å². The van der Waals surface area contributed by atoms with E-state index in [-0.39, 0.29) is 31.0 Å². The molecule has 5 nitrogen and oxygen atoms in total. The number of thiophene rings is 1. The van der Waals surface area contributed by atoms with E-state index in [2.05, 4.69) is 10.6 Å². The fraction of sp³-hybridized carbons (Fsp3) is 0.571. The quantitative estimate of drug-likeness (QED) is 0.710. The maximum Gasteiger partial charge on any atom is 0.261 e. The normalized spacial score (nSPS) is 12.2. The summed E-state index contributed by atoms with van der Waals surface area (Å²) in [6.45, 7) is 5.80. The monoisotopic (exact) mass is 298 g/mol. The van der Waals surface area contributed by atoms with E-state index in [1.165, 1.54) is 11.3 Å². The zero-order valence-corrected chi connectivity index (χ0v) is 12.9. The molecular weight excluding hydrogens is 276 g/mol. The summed E-state index contributed by atoms with van der Waals surface area (Å²) in [5, 5.41) is 14.5. The van der Waals surface area contributed by atoms with Gasteiger partial charge >= 0.3 is 0 Å².